The lowest BCUT2D eigenvalue weighted by molar-refractivity contribution is -0.123. The minimum atomic E-state index is -0.358. The maximum atomic E-state index is 11.4. The van der Waals surface area contributed by atoms with Crippen molar-refractivity contribution in [1.82, 2.24) is 0 Å². The van der Waals surface area contributed by atoms with E-state index in [1.54, 1.807) is 18.2 Å². The number of carbonyl (C=O) groups is 2. The van der Waals surface area contributed by atoms with Gasteiger partial charge in [0, 0.05) is 6.07 Å². The molecule has 1 heterocycles. The molecule has 0 spiro atoms. The van der Waals surface area contributed by atoms with Crippen molar-refractivity contribution in [2.45, 2.75) is 13.0 Å². The van der Waals surface area contributed by atoms with E-state index in [1.165, 1.54) is 0 Å². The molecule has 6 nitrogen and oxygen atoms in total. The average molecular weight is 335 g/mol. The third-order valence-corrected chi connectivity index (χ3v) is 3.70. The Labute approximate surface area is 145 Å². The number of Topliss-reactive ketones (excluding diaryl/α,β-unsaturated/α-hetero) is 1. The summed E-state index contributed by atoms with van der Waals surface area (Å²) in [6, 6.07) is 12.5. The van der Waals surface area contributed by atoms with E-state index in [0.29, 0.717) is 31.9 Å². The number of hydrogen-bond donors (Lipinski definition) is 0. The number of hydrogen-bond acceptors (Lipinski definition) is 6. The first-order chi connectivity index (χ1) is 12.2. The zero-order valence-electron chi connectivity index (χ0n) is 13.4. The van der Waals surface area contributed by atoms with Crippen LogP contribution in [0.2, 0.25) is 0 Å². The monoisotopic (exact) mass is 335 g/mol. The number of nitriles is 1. The Kier molecular flexibility index (Phi) is 5.12. The van der Waals surface area contributed by atoms with Crippen LogP contribution in [0.3, 0.4) is 0 Å². The second-order valence-electron chi connectivity index (χ2n) is 5.49. The first-order valence-corrected chi connectivity index (χ1v) is 7.69. The topological polar surface area (TPSA) is 85.6 Å². The molecule has 25 heavy (non-hydrogen) atoms. The minimum absolute atomic E-state index is 0.213. The molecule has 0 fully saturated rings. The second kappa shape index (κ2) is 7.64. The fourth-order valence-electron chi connectivity index (χ4n) is 2.44. The molecule has 2 aromatic rings. The van der Waals surface area contributed by atoms with Gasteiger partial charge in [0.2, 0.25) is 0 Å². The van der Waals surface area contributed by atoms with E-state index < -0.39 is 0 Å². The van der Waals surface area contributed by atoms with Gasteiger partial charge < -0.3 is 18.9 Å². The quantitative estimate of drug-likeness (QED) is 0.432. The third-order valence-electron chi connectivity index (χ3n) is 3.70. The Hall–Kier alpha value is -3.11. The summed E-state index contributed by atoms with van der Waals surface area (Å²) in [6.07, 6.45) is 0.309. The Balaban J connectivity index is 1.76. The molecule has 0 aromatic heterocycles. The highest BCUT2D eigenvalue weighted by Crippen LogP contribution is 2.29. The van der Waals surface area contributed by atoms with Crippen LogP contribution in [0.4, 0.5) is 0 Å². The highest BCUT2D eigenvalue weighted by atomic mass is 16.5. The third kappa shape index (κ3) is 4.05. The molecule has 124 valence electrons. The molecule has 1 aliphatic rings. The Morgan fingerprint density at radius 3 is 2.88 bits per heavy atom. The van der Waals surface area contributed by atoms with Crippen LogP contribution in [-0.4, -0.2) is 26.2 Å². The number of fused-ring (bicyclic) bond motifs is 1. The highest BCUT2D eigenvalue weighted by Gasteiger charge is 2.14. The van der Waals surface area contributed by atoms with Crippen molar-refractivity contribution < 1.29 is 23.7 Å². The summed E-state index contributed by atoms with van der Waals surface area (Å²) in [6.45, 7) is 0.292. The van der Waals surface area contributed by atoms with Crippen molar-refractivity contribution in [2.24, 2.45) is 0 Å². The number of carbonyl (C=O) groups excluding carboxylic acids is 2. The van der Waals surface area contributed by atoms with Crippen LogP contribution < -0.4 is 14.9 Å². The van der Waals surface area contributed by atoms with E-state index in [4.69, 9.17) is 19.4 Å². The lowest BCUT2D eigenvalue weighted by atomic mass is 9.87. The fraction of sp³-hybridized carbons (Fsp3) is 0.167. The summed E-state index contributed by atoms with van der Waals surface area (Å²) in [5.41, 5.74) is 2.51. The number of ketones is 1. The van der Waals surface area contributed by atoms with Gasteiger partial charge in [-0.1, -0.05) is 6.07 Å². The number of aldehydes is 1. The predicted molar refractivity (Wildman–Crippen MR) is 90.4 cm³/mol. The van der Waals surface area contributed by atoms with Crippen molar-refractivity contribution in [3.05, 3.63) is 47.5 Å². The molecular formula is C18H14BNO5. The Morgan fingerprint density at radius 1 is 1.28 bits per heavy atom. The van der Waals surface area contributed by atoms with Crippen LogP contribution in [0.15, 0.2) is 36.4 Å². The maximum Gasteiger partial charge on any atom is 0.309 e. The first-order valence-electron chi connectivity index (χ1n) is 7.69. The molecular weight excluding hydrogens is 321 g/mol. The first kappa shape index (κ1) is 16.7. The molecule has 0 unspecified atom stereocenters. The maximum absolute atomic E-state index is 11.4. The van der Waals surface area contributed by atoms with E-state index >= 15 is 0 Å². The minimum Gasteiger partial charge on any atom is -0.484 e. The molecule has 0 amide bonds. The molecule has 0 N–H and O–H groups in total. The fourth-order valence-corrected chi connectivity index (χ4v) is 2.44. The molecule has 1 aliphatic heterocycles. The Morgan fingerprint density at radius 2 is 2.08 bits per heavy atom. The van der Waals surface area contributed by atoms with E-state index in [2.05, 4.69) is 0 Å². The number of nitrogens with zero attached hydrogens (tertiary/aromatic N) is 1. The summed E-state index contributed by atoms with van der Waals surface area (Å²) >= 11 is 0. The van der Waals surface area contributed by atoms with Gasteiger partial charge in [-0.05, 0) is 35.3 Å². The van der Waals surface area contributed by atoms with Crippen LogP contribution in [-0.2, 0) is 20.9 Å². The van der Waals surface area contributed by atoms with Crippen LogP contribution in [0.25, 0.3) is 0 Å². The lowest BCUT2D eigenvalue weighted by Gasteiger charge is -2.11. The number of ether oxygens (including phenoxy) is 2. The molecule has 0 saturated carbocycles. The molecule has 0 saturated heterocycles. The van der Waals surface area contributed by atoms with Crippen molar-refractivity contribution in [1.29, 1.82) is 5.26 Å². The van der Waals surface area contributed by atoms with Gasteiger partial charge in [-0.3, -0.25) is 4.79 Å². The zero-order chi connectivity index (χ0) is 17.6. The van der Waals surface area contributed by atoms with Gasteiger partial charge in [0.1, 0.15) is 36.2 Å². The van der Waals surface area contributed by atoms with Crippen LogP contribution in [0.1, 0.15) is 17.5 Å². The smallest absolute Gasteiger partial charge is 0.309 e. The van der Waals surface area contributed by atoms with E-state index in [-0.39, 0.29) is 30.1 Å². The van der Waals surface area contributed by atoms with Gasteiger partial charge in [0.05, 0.1) is 18.6 Å². The summed E-state index contributed by atoms with van der Waals surface area (Å²) in [4.78, 5) is 21.7. The van der Waals surface area contributed by atoms with E-state index in [0.717, 1.165) is 11.0 Å². The molecule has 2 aromatic carbocycles. The van der Waals surface area contributed by atoms with Crippen molar-refractivity contribution >= 4 is 25.0 Å². The molecule has 0 aliphatic carbocycles. The highest BCUT2D eigenvalue weighted by molar-refractivity contribution is 6.48. The van der Waals surface area contributed by atoms with E-state index in [9.17, 15) is 9.59 Å². The number of benzene rings is 2. The van der Waals surface area contributed by atoms with Gasteiger partial charge in [0.15, 0.2) is 5.78 Å². The molecule has 3 rings (SSSR count). The standard InChI is InChI=1S/C18H14BNO5/c20-9-12-1-2-16(8-18(12)23-11-14(22)5-6-21)25-15-3-4-17-13(7-15)10-24-19-17/h1-4,6-8,19H,5,10-11H2. The zero-order valence-corrected chi connectivity index (χ0v) is 13.4. The molecule has 0 bridgehead atoms. The largest absolute Gasteiger partial charge is 0.484 e. The normalized spacial score (nSPS) is 11.8. The second-order valence-corrected chi connectivity index (χ2v) is 5.49. The van der Waals surface area contributed by atoms with Crippen molar-refractivity contribution in [3.8, 4) is 23.3 Å². The van der Waals surface area contributed by atoms with Gasteiger partial charge in [-0.2, -0.15) is 5.26 Å². The van der Waals surface area contributed by atoms with Gasteiger partial charge in [-0.25, -0.2) is 0 Å². The van der Waals surface area contributed by atoms with Crippen LogP contribution >= 0.6 is 0 Å². The summed E-state index contributed by atoms with van der Waals surface area (Å²) in [5, 5.41) is 9.15. The predicted octanol–water partition coefficient (Wildman–Crippen LogP) is 1.39. The summed E-state index contributed by atoms with van der Waals surface area (Å²) < 4.78 is 16.6. The molecule has 7 heteroatoms. The van der Waals surface area contributed by atoms with Gasteiger partial charge >= 0.3 is 7.48 Å². The summed E-state index contributed by atoms with van der Waals surface area (Å²) in [5.74, 6) is 1.01. The van der Waals surface area contributed by atoms with Crippen LogP contribution in [0, 0.1) is 11.3 Å². The molecule has 0 radical (unpaired) electrons. The Bertz CT molecular complexity index is 859. The average Bonchev–Trinajstić information content (AvgIpc) is 3.08. The van der Waals surface area contributed by atoms with Crippen molar-refractivity contribution in [3.63, 3.8) is 0 Å². The SMILES string of the molecule is N#Cc1ccc(Oc2ccc3c(c2)COB3)cc1OCC(=O)CC=O. The lowest BCUT2D eigenvalue weighted by Crippen LogP contribution is -2.12. The van der Waals surface area contributed by atoms with Crippen LogP contribution in [0.5, 0.6) is 17.2 Å². The molecule has 0 atom stereocenters. The van der Waals surface area contributed by atoms with Gasteiger partial charge in [0.25, 0.3) is 0 Å². The number of rotatable bonds is 7. The van der Waals surface area contributed by atoms with E-state index in [1.807, 2.05) is 24.3 Å². The summed E-state index contributed by atoms with van der Waals surface area (Å²) in [7, 11) is 0.610. The van der Waals surface area contributed by atoms with Crippen molar-refractivity contribution in [2.75, 3.05) is 6.61 Å². The van der Waals surface area contributed by atoms with Gasteiger partial charge in [-0.15, -0.1) is 0 Å².